The van der Waals surface area contributed by atoms with Crippen LogP contribution in [0.3, 0.4) is 0 Å². The zero-order valence-corrected chi connectivity index (χ0v) is 12.7. The monoisotopic (exact) mass is 339 g/mol. The van der Waals surface area contributed by atoms with Crippen LogP contribution in [0.25, 0.3) is 0 Å². The van der Waals surface area contributed by atoms with Crippen molar-refractivity contribution in [1.82, 2.24) is 4.31 Å². The Morgan fingerprint density at radius 2 is 2.00 bits per heavy atom. The molecule has 5 nitrogen and oxygen atoms in total. The summed E-state index contributed by atoms with van der Waals surface area (Å²) in [5.74, 6) is -0.724. The normalized spacial score (nSPS) is 20.3. The third kappa shape index (κ3) is 3.71. The number of methoxy groups -OCH3 is 1. The molecule has 0 aliphatic carbocycles. The third-order valence-electron chi connectivity index (χ3n) is 3.34. The Labute approximate surface area is 126 Å². The molecule has 1 unspecified atom stereocenters. The second-order valence-corrected chi connectivity index (χ2v) is 6.72. The summed E-state index contributed by atoms with van der Waals surface area (Å²) < 4.78 is 72.6. The van der Waals surface area contributed by atoms with Gasteiger partial charge in [-0.2, -0.15) is 4.31 Å². The summed E-state index contributed by atoms with van der Waals surface area (Å²) in [5.41, 5.74) is 0. The molecule has 0 amide bonds. The Bertz CT molecular complexity index is 618. The zero-order valence-electron chi connectivity index (χ0n) is 11.8. The first-order chi connectivity index (χ1) is 10.3. The number of alkyl halides is 3. The summed E-state index contributed by atoms with van der Waals surface area (Å²) in [6, 6.07) is 4.36. The van der Waals surface area contributed by atoms with Gasteiger partial charge in [-0.05, 0) is 25.0 Å². The van der Waals surface area contributed by atoms with Crippen LogP contribution in [-0.2, 0) is 14.8 Å². The number of halogens is 3. The van der Waals surface area contributed by atoms with E-state index >= 15 is 0 Å². The lowest BCUT2D eigenvalue weighted by molar-refractivity contribution is -0.275. The number of rotatable bonds is 5. The van der Waals surface area contributed by atoms with Crippen LogP contribution in [0.2, 0.25) is 0 Å². The van der Waals surface area contributed by atoms with Gasteiger partial charge in [-0.25, -0.2) is 8.42 Å². The van der Waals surface area contributed by atoms with Crippen molar-refractivity contribution < 1.29 is 31.1 Å². The first-order valence-electron chi connectivity index (χ1n) is 6.61. The van der Waals surface area contributed by atoms with Crippen LogP contribution in [0.4, 0.5) is 13.2 Å². The van der Waals surface area contributed by atoms with E-state index < -0.39 is 27.0 Å². The fourth-order valence-electron chi connectivity index (χ4n) is 2.48. The molecule has 124 valence electrons. The molecular formula is C13H16F3NO4S. The minimum Gasteiger partial charge on any atom is -0.404 e. The quantitative estimate of drug-likeness (QED) is 0.827. The molecule has 9 heteroatoms. The van der Waals surface area contributed by atoms with Crippen LogP contribution in [0.1, 0.15) is 12.8 Å². The summed E-state index contributed by atoms with van der Waals surface area (Å²) in [6.07, 6.45) is -3.71. The van der Waals surface area contributed by atoms with E-state index in [9.17, 15) is 21.6 Å². The van der Waals surface area contributed by atoms with Gasteiger partial charge in [-0.3, -0.25) is 0 Å². The van der Waals surface area contributed by atoms with E-state index in [0.717, 1.165) is 12.1 Å². The van der Waals surface area contributed by atoms with Gasteiger partial charge in [0.1, 0.15) is 10.6 Å². The Morgan fingerprint density at radius 3 is 2.64 bits per heavy atom. The average Bonchev–Trinajstić information content (AvgIpc) is 2.87. The topological polar surface area (TPSA) is 55.8 Å². The Hall–Kier alpha value is -1.32. The van der Waals surface area contributed by atoms with Gasteiger partial charge in [0.2, 0.25) is 10.0 Å². The maximum atomic E-state index is 12.6. The summed E-state index contributed by atoms with van der Waals surface area (Å²) in [4.78, 5) is -0.490. The Balaban J connectivity index is 2.37. The molecule has 0 bridgehead atoms. The van der Waals surface area contributed by atoms with Gasteiger partial charge >= 0.3 is 6.36 Å². The lowest BCUT2D eigenvalue weighted by Crippen LogP contribution is -2.38. The van der Waals surface area contributed by atoms with Gasteiger partial charge < -0.3 is 9.47 Å². The van der Waals surface area contributed by atoms with Crippen molar-refractivity contribution in [2.45, 2.75) is 30.1 Å². The van der Waals surface area contributed by atoms with Crippen LogP contribution in [0.5, 0.6) is 5.75 Å². The lowest BCUT2D eigenvalue weighted by Gasteiger charge is -2.24. The maximum Gasteiger partial charge on any atom is 0.573 e. The highest BCUT2D eigenvalue weighted by Gasteiger charge is 2.39. The van der Waals surface area contributed by atoms with Crippen LogP contribution >= 0.6 is 0 Å². The zero-order chi connectivity index (χ0) is 16.4. The first-order valence-corrected chi connectivity index (χ1v) is 8.05. The molecule has 1 fully saturated rings. The molecule has 22 heavy (non-hydrogen) atoms. The molecule has 0 spiro atoms. The summed E-state index contributed by atoms with van der Waals surface area (Å²) >= 11 is 0. The molecule has 0 radical (unpaired) electrons. The minimum atomic E-state index is -4.96. The van der Waals surface area contributed by atoms with Crippen molar-refractivity contribution in [2.24, 2.45) is 0 Å². The van der Waals surface area contributed by atoms with Crippen molar-refractivity contribution in [3.05, 3.63) is 24.3 Å². The third-order valence-corrected chi connectivity index (χ3v) is 5.33. The predicted molar refractivity (Wildman–Crippen MR) is 71.9 cm³/mol. The molecule has 1 saturated heterocycles. The summed E-state index contributed by atoms with van der Waals surface area (Å²) in [7, 11) is -2.64. The number of ether oxygens (including phenoxy) is 2. The largest absolute Gasteiger partial charge is 0.573 e. The van der Waals surface area contributed by atoms with E-state index in [1.54, 1.807) is 0 Å². The van der Waals surface area contributed by atoms with Gasteiger partial charge in [-0.15, -0.1) is 13.2 Å². The maximum absolute atomic E-state index is 12.6. The highest BCUT2D eigenvalue weighted by molar-refractivity contribution is 7.89. The van der Waals surface area contributed by atoms with Crippen molar-refractivity contribution in [2.75, 3.05) is 20.3 Å². The number of sulfonamides is 1. The molecule has 1 aromatic carbocycles. The highest BCUT2D eigenvalue weighted by Crippen LogP contribution is 2.34. The molecule has 1 atom stereocenters. The average molecular weight is 339 g/mol. The van der Waals surface area contributed by atoms with E-state index in [0.29, 0.717) is 12.8 Å². The van der Waals surface area contributed by atoms with Gasteiger partial charge in [0.15, 0.2) is 0 Å². The SMILES string of the molecule is COCC1CCCN1S(=O)(=O)c1ccccc1OC(F)(F)F. The summed E-state index contributed by atoms with van der Waals surface area (Å²) in [6.45, 7) is 0.443. The lowest BCUT2D eigenvalue weighted by atomic mass is 10.2. The van der Waals surface area contributed by atoms with Crippen molar-refractivity contribution in [3.8, 4) is 5.75 Å². The molecule has 1 aliphatic rings. The van der Waals surface area contributed by atoms with Gasteiger partial charge in [0.25, 0.3) is 0 Å². The standard InChI is InChI=1S/C13H16F3NO4S/c1-20-9-10-5-4-8-17(10)22(18,19)12-7-3-2-6-11(12)21-13(14,15)16/h2-3,6-7,10H,4-5,8-9H2,1H3. The summed E-state index contributed by atoms with van der Waals surface area (Å²) in [5, 5.41) is 0. The van der Waals surface area contributed by atoms with Crippen LogP contribution < -0.4 is 4.74 Å². The van der Waals surface area contributed by atoms with Crippen LogP contribution in [0.15, 0.2) is 29.2 Å². The molecule has 0 saturated carbocycles. The molecule has 2 rings (SSSR count). The van der Waals surface area contributed by atoms with E-state index in [4.69, 9.17) is 4.74 Å². The number of para-hydroxylation sites is 1. The smallest absolute Gasteiger partial charge is 0.404 e. The number of benzene rings is 1. The Kier molecular flexibility index (Phi) is 4.98. The highest BCUT2D eigenvalue weighted by atomic mass is 32.2. The number of nitrogens with zero attached hydrogens (tertiary/aromatic N) is 1. The fraction of sp³-hybridized carbons (Fsp3) is 0.538. The van der Waals surface area contributed by atoms with Crippen LogP contribution in [-0.4, -0.2) is 45.4 Å². The first kappa shape index (κ1) is 17.0. The van der Waals surface area contributed by atoms with E-state index in [2.05, 4.69) is 4.74 Å². The molecule has 1 heterocycles. The predicted octanol–water partition coefficient (Wildman–Crippen LogP) is 2.38. The molecule has 0 aromatic heterocycles. The molecule has 1 aliphatic heterocycles. The molecule has 0 N–H and O–H groups in total. The van der Waals surface area contributed by atoms with Gasteiger partial charge in [-0.1, -0.05) is 12.1 Å². The van der Waals surface area contributed by atoms with Crippen LogP contribution in [0, 0.1) is 0 Å². The van der Waals surface area contributed by atoms with Crippen molar-refractivity contribution in [1.29, 1.82) is 0 Å². The van der Waals surface area contributed by atoms with Crippen molar-refractivity contribution >= 4 is 10.0 Å². The van der Waals surface area contributed by atoms with E-state index in [1.807, 2.05) is 0 Å². The second-order valence-electron chi connectivity index (χ2n) is 4.86. The fourth-order valence-corrected chi connectivity index (χ4v) is 4.28. The number of hydrogen-bond acceptors (Lipinski definition) is 4. The Morgan fingerprint density at radius 1 is 1.32 bits per heavy atom. The van der Waals surface area contributed by atoms with Gasteiger partial charge in [0.05, 0.1) is 6.61 Å². The molecular weight excluding hydrogens is 323 g/mol. The van der Waals surface area contributed by atoms with Crippen molar-refractivity contribution in [3.63, 3.8) is 0 Å². The van der Waals surface area contributed by atoms with E-state index in [-0.39, 0.29) is 19.2 Å². The molecule has 1 aromatic rings. The second kappa shape index (κ2) is 6.43. The number of hydrogen-bond donors (Lipinski definition) is 0. The minimum absolute atomic E-state index is 0.196. The van der Waals surface area contributed by atoms with E-state index in [1.165, 1.54) is 23.5 Å². The van der Waals surface area contributed by atoms with Gasteiger partial charge in [0, 0.05) is 19.7 Å².